The fraction of sp³-hybridized carbons (Fsp3) is 0.259. The van der Waals surface area contributed by atoms with Gasteiger partial charge in [-0.15, -0.1) is 0 Å². The smallest absolute Gasteiger partial charge is 0.446 e. The molecule has 0 aliphatic rings. The van der Waals surface area contributed by atoms with Crippen molar-refractivity contribution >= 4 is 45.7 Å². The molecule has 0 saturated carbocycles. The number of hydrogen-bond donors (Lipinski definition) is 0. The topological polar surface area (TPSA) is 118 Å². The van der Waals surface area contributed by atoms with Crippen molar-refractivity contribution in [2.75, 3.05) is 33.3 Å². The summed E-state index contributed by atoms with van der Waals surface area (Å²) >= 11 is 7.38. The number of halogens is 2. The van der Waals surface area contributed by atoms with Gasteiger partial charge < -0.3 is 9.47 Å². The van der Waals surface area contributed by atoms with Crippen LogP contribution in [0, 0.1) is 5.82 Å². The minimum atomic E-state index is -1.29. The van der Waals surface area contributed by atoms with Crippen LogP contribution < -0.4 is 15.2 Å². The van der Waals surface area contributed by atoms with Crippen LogP contribution in [0.5, 0.6) is 11.5 Å². The standard InChI is InChI=1S/C27H26ClFN6O5S2/c1-38-18-7-5-16(22(14-18)39-2)15-33(42(4)37)12-10-23-31-25-24(35(23)41-3)19(9-11-30-25)26-32-40-27(36)34(26)17-6-8-21(29)20(28)13-17/h5-9,11,13-14H,10,12,15H2,1-4H3. The van der Waals surface area contributed by atoms with Crippen LogP contribution in [0.3, 0.4) is 0 Å². The second-order valence-electron chi connectivity index (χ2n) is 8.96. The average Bonchev–Trinajstić information content (AvgIpc) is 3.56. The third kappa shape index (κ3) is 5.79. The first-order valence-corrected chi connectivity index (χ1v) is 15.6. The SMILES string of the molecule is COc1ccc(CN(CCc2nc3nccc(-c4noc(=O)n4-c4ccc(F)c(Cl)c4)c3n2SC)S(C)=O)c(OC)c1. The maximum Gasteiger partial charge on any atom is 0.446 e. The van der Waals surface area contributed by atoms with E-state index in [2.05, 4.69) is 10.1 Å². The predicted octanol–water partition coefficient (Wildman–Crippen LogP) is 4.51. The van der Waals surface area contributed by atoms with Crippen molar-refractivity contribution in [3.05, 3.63) is 81.4 Å². The van der Waals surface area contributed by atoms with Gasteiger partial charge in [-0.2, -0.15) is 0 Å². The molecule has 0 aliphatic carbocycles. The summed E-state index contributed by atoms with van der Waals surface area (Å²) in [6, 6.07) is 11.1. The van der Waals surface area contributed by atoms with E-state index in [4.69, 9.17) is 30.6 Å². The minimum absolute atomic E-state index is 0.145. The molecule has 0 N–H and O–H groups in total. The summed E-state index contributed by atoms with van der Waals surface area (Å²) in [5.74, 6) is 0.780. The third-order valence-corrected chi connectivity index (χ3v) is 8.64. The monoisotopic (exact) mass is 632 g/mol. The molecule has 0 spiro atoms. The van der Waals surface area contributed by atoms with E-state index in [1.807, 2.05) is 26.7 Å². The van der Waals surface area contributed by atoms with Gasteiger partial charge in [0.05, 0.1) is 41.5 Å². The fourth-order valence-corrected chi connectivity index (χ4v) is 6.07. The van der Waals surface area contributed by atoms with Gasteiger partial charge in [0.15, 0.2) is 11.5 Å². The number of hydrogen-bond acceptors (Lipinski definition) is 9. The highest BCUT2D eigenvalue weighted by molar-refractivity contribution is 7.97. The molecule has 2 aromatic carbocycles. The van der Waals surface area contributed by atoms with E-state index in [1.165, 1.54) is 28.6 Å². The number of fused-ring (bicyclic) bond motifs is 1. The molecule has 0 bridgehead atoms. The molecule has 42 heavy (non-hydrogen) atoms. The molecule has 220 valence electrons. The van der Waals surface area contributed by atoms with E-state index in [9.17, 15) is 13.4 Å². The van der Waals surface area contributed by atoms with Gasteiger partial charge in [-0.25, -0.2) is 32.2 Å². The number of pyridine rings is 1. The van der Waals surface area contributed by atoms with Crippen LogP contribution in [0.25, 0.3) is 28.2 Å². The molecule has 1 atom stereocenters. The van der Waals surface area contributed by atoms with Crippen molar-refractivity contribution in [3.63, 3.8) is 0 Å². The molecule has 11 nitrogen and oxygen atoms in total. The van der Waals surface area contributed by atoms with Crippen molar-refractivity contribution in [1.82, 2.24) is 28.0 Å². The van der Waals surface area contributed by atoms with Crippen LogP contribution in [0.4, 0.5) is 4.39 Å². The molecule has 0 amide bonds. The van der Waals surface area contributed by atoms with Gasteiger partial charge in [0.1, 0.15) is 28.7 Å². The molecule has 5 rings (SSSR count). The largest absolute Gasteiger partial charge is 0.497 e. The summed E-state index contributed by atoms with van der Waals surface area (Å²) in [5.41, 5.74) is 2.71. The number of ether oxygens (including phenoxy) is 2. The Balaban J connectivity index is 1.50. The summed E-state index contributed by atoms with van der Waals surface area (Å²) in [5, 5.41) is 3.87. The first-order valence-electron chi connectivity index (χ1n) is 12.5. The molecule has 3 aromatic heterocycles. The summed E-state index contributed by atoms with van der Waals surface area (Å²) in [7, 11) is 1.87. The Bertz CT molecular complexity index is 1840. The molecule has 0 aliphatic heterocycles. The Morgan fingerprint density at radius 2 is 1.98 bits per heavy atom. The Morgan fingerprint density at radius 3 is 2.67 bits per heavy atom. The van der Waals surface area contributed by atoms with Gasteiger partial charge >= 0.3 is 5.76 Å². The van der Waals surface area contributed by atoms with Crippen molar-refractivity contribution < 1.29 is 22.6 Å². The van der Waals surface area contributed by atoms with Gasteiger partial charge in [-0.05, 0) is 42.3 Å². The third-order valence-electron chi connectivity index (χ3n) is 6.56. The Kier molecular flexibility index (Phi) is 8.96. The number of benzene rings is 2. The second-order valence-corrected chi connectivity index (χ2v) is 11.5. The molecule has 1 unspecified atom stereocenters. The zero-order chi connectivity index (χ0) is 30.0. The summed E-state index contributed by atoms with van der Waals surface area (Å²) in [4.78, 5) is 21.9. The van der Waals surface area contributed by atoms with Crippen molar-refractivity contribution in [2.45, 2.75) is 13.0 Å². The van der Waals surface area contributed by atoms with Gasteiger partial charge in [0, 0.05) is 49.8 Å². The molecule has 0 fully saturated rings. The van der Waals surface area contributed by atoms with Crippen LogP contribution in [0.1, 0.15) is 11.4 Å². The van der Waals surface area contributed by atoms with Crippen LogP contribution >= 0.6 is 23.5 Å². The first kappa shape index (κ1) is 29.8. The van der Waals surface area contributed by atoms with Crippen LogP contribution in [0.2, 0.25) is 5.02 Å². The molecular formula is C27H26ClFN6O5S2. The van der Waals surface area contributed by atoms with Crippen LogP contribution in [-0.4, -0.2) is 65.5 Å². The van der Waals surface area contributed by atoms with E-state index in [0.29, 0.717) is 53.6 Å². The van der Waals surface area contributed by atoms with Crippen molar-refractivity contribution in [1.29, 1.82) is 0 Å². The summed E-state index contributed by atoms with van der Waals surface area (Å²) in [6.45, 7) is 0.797. The Hall–Kier alpha value is -3.72. The van der Waals surface area contributed by atoms with Gasteiger partial charge in [-0.1, -0.05) is 22.8 Å². The molecule has 0 saturated heterocycles. The predicted molar refractivity (Wildman–Crippen MR) is 160 cm³/mol. The maximum absolute atomic E-state index is 13.8. The lowest BCUT2D eigenvalue weighted by atomic mass is 10.2. The van der Waals surface area contributed by atoms with Crippen molar-refractivity contribution in [2.24, 2.45) is 0 Å². The van der Waals surface area contributed by atoms with E-state index >= 15 is 0 Å². The highest BCUT2D eigenvalue weighted by Gasteiger charge is 2.23. The van der Waals surface area contributed by atoms with Gasteiger partial charge in [0.2, 0.25) is 0 Å². The van der Waals surface area contributed by atoms with Crippen LogP contribution in [0.15, 0.2) is 58.0 Å². The lowest BCUT2D eigenvalue weighted by molar-refractivity contribution is 0.379. The molecule has 5 aromatic rings. The molecule has 15 heteroatoms. The lowest BCUT2D eigenvalue weighted by Crippen LogP contribution is -2.28. The Labute approximate surface area is 251 Å². The van der Waals surface area contributed by atoms with E-state index < -0.39 is 22.6 Å². The van der Waals surface area contributed by atoms with E-state index in [0.717, 1.165) is 11.6 Å². The molecule has 3 heterocycles. The number of rotatable bonds is 11. The van der Waals surface area contributed by atoms with Crippen molar-refractivity contribution in [3.8, 4) is 28.6 Å². The van der Waals surface area contributed by atoms with E-state index in [1.54, 1.807) is 38.8 Å². The Morgan fingerprint density at radius 1 is 1.17 bits per heavy atom. The second kappa shape index (κ2) is 12.7. The highest BCUT2D eigenvalue weighted by atomic mass is 35.5. The number of methoxy groups -OCH3 is 2. The summed E-state index contributed by atoms with van der Waals surface area (Å²) in [6.07, 6.45) is 5.51. The van der Waals surface area contributed by atoms with Crippen LogP contribution in [-0.2, 0) is 24.0 Å². The van der Waals surface area contributed by atoms with Gasteiger partial charge in [-0.3, -0.25) is 8.50 Å². The normalized spacial score (nSPS) is 12.3. The molecule has 0 radical (unpaired) electrons. The average molecular weight is 633 g/mol. The molecular weight excluding hydrogens is 607 g/mol. The quantitative estimate of drug-likeness (QED) is 0.207. The maximum atomic E-state index is 13.8. The van der Waals surface area contributed by atoms with E-state index in [-0.39, 0.29) is 16.5 Å². The zero-order valence-electron chi connectivity index (χ0n) is 23.0. The highest BCUT2D eigenvalue weighted by Crippen LogP contribution is 2.32. The number of aromatic nitrogens is 5. The lowest BCUT2D eigenvalue weighted by Gasteiger charge is -2.21. The fourth-order valence-electron chi connectivity index (χ4n) is 4.52. The number of imidazole rings is 1. The first-order chi connectivity index (χ1) is 20.2. The van der Waals surface area contributed by atoms with Gasteiger partial charge in [0.25, 0.3) is 0 Å². The number of nitrogens with zero attached hydrogens (tertiary/aromatic N) is 6. The zero-order valence-corrected chi connectivity index (χ0v) is 25.4. The minimum Gasteiger partial charge on any atom is -0.497 e. The summed E-state index contributed by atoms with van der Waals surface area (Å²) < 4.78 is 47.3.